The summed E-state index contributed by atoms with van der Waals surface area (Å²) in [4.78, 5) is 26.9. The lowest BCUT2D eigenvalue weighted by Crippen LogP contribution is -2.53. The third kappa shape index (κ3) is 6.76. The number of amides is 2. The SMILES string of the molecule is COc1ccc(OCC(=O)N(Cc2ccccc2F)[C@@H](C)C(=O)NC(C)(C)C)cc1. The Morgan fingerprint density at radius 2 is 1.67 bits per heavy atom. The predicted molar refractivity (Wildman–Crippen MR) is 113 cm³/mol. The number of halogens is 1. The minimum absolute atomic E-state index is 0.0454. The summed E-state index contributed by atoms with van der Waals surface area (Å²) < 4.78 is 24.9. The van der Waals surface area contributed by atoms with Crippen molar-refractivity contribution in [2.75, 3.05) is 13.7 Å². The molecule has 2 aromatic carbocycles. The molecule has 1 atom stereocenters. The van der Waals surface area contributed by atoms with Gasteiger partial charge in [-0.15, -0.1) is 0 Å². The zero-order chi connectivity index (χ0) is 22.3. The molecule has 0 unspecified atom stereocenters. The van der Waals surface area contributed by atoms with Gasteiger partial charge < -0.3 is 19.7 Å². The summed E-state index contributed by atoms with van der Waals surface area (Å²) in [5.41, 5.74) is -0.136. The van der Waals surface area contributed by atoms with Gasteiger partial charge in [-0.1, -0.05) is 18.2 Å². The van der Waals surface area contributed by atoms with Gasteiger partial charge in [0.15, 0.2) is 6.61 Å². The van der Waals surface area contributed by atoms with Crippen molar-refractivity contribution >= 4 is 11.8 Å². The van der Waals surface area contributed by atoms with E-state index in [1.165, 1.54) is 11.0 Å². The van der Waals surface area contributed by atoms with Gasteiger partial charge in [-0.3, -0.25) is 9.59 Å². The van der Waals surface area contributed by atoms with Gasteiger partial charge >= 0.3 is 0 Å². The minimum Gasteiger partial charge on any atom is -0.497 e. The quantitative estimate of drug-likeness (QED) is 0.715. The average Bonchev–Trinajstić information content (AvgIpc) is 2.70. The largest absolute Gasteiger partial charge is 0.497 e. The van der Waals surface area contributed by atoms with Crippen molar-refractivity contribution in [2.24, 2.45) is 0 Å². The van der Waals surface area contributed by atoms with Crippen molar-refractivity contribution in [3.8, 4) is 11.5 Å². The molecule has 0 aliphatic carbocycles. The number of hydrogen-bond acceptors (Lipinski definition) is 4. The highest BCUT2D eigenvalue weighted by Crippen LogP contribution is 2.18. The highest BCUT2D eigenvalue weighted by molar-refractivity contribution is 5.88. The topological polar surface area (TPSA) is 67.9 Å². The van der Waals surface area contributed by atoms with Crippen LogP contribution in [0.2, 0.25) is 0 Å². The number of hydrogen-bond donors (Lipinski definition) is 1. The van der Waals surface area contributed by atoms with Crippen molar-refractivity contribution in [1.29, 1.82) is 0 Å². The molecule has 2 rings (SSSR count). The molecule has 0 aliphatic rings. The molecule has 0 saturated heterocycles. The Labute approximate surface area is 177 Å². The summed E-state index contributed by atoms with van der Waals surface area (Å²) in [5.74, 6) is -0.0267. The molecule has 2 aromatic rings. The third-order valence-corrected chi connectivity index (χ3v) is 4.39. The van der Waals surface area contributed by atoms with E-state index in [1.807, 2.05) is 20.8 Å². The molecule has 0 aliphatic heterocycles. The summed E-state index contributed by atoms with van der Waals surface area (Å²) in [6, 6.07) is 12.2. The predicted octanol–water partition coefficient (Wildman–Crippen LogP) is 3.55. The summed E-state index contributed by atoms with van der Waals surface area (Å²) in [6.07, 6.45) is 0. The smallest absolute Gasteiger partial charge is 0.261 e. The first-order valence-corrected chi connectivity index (χ1v) is 9.72. The van der Waals surface area contributed by atoms with E-state index in [-0.39, 0.29) is 19.1 Å². The first kappa shape index (κ1) is 23.2. The number of benzene rings is 2. The molecule has 0 bridgehead atoms. The van der Waals surface area contributed by atoms with Crippen LogP contribution in [-0.2, 0) is 16.1 Å². The number of ether oxygens (including phenoxy) is 2. The van der Waals surface area contributed by atoms with Crippen LogP contribution in [0.25, 0.3) is 0 Å². The van der Waals surface area contributed by atoms with E-state index in [0.29, 0.717) is 17.1 Å². The molecule has 0 aromatic heterocycles. The van der Waals surface area contributed by atoms with E-state index >= 15 is 0 Å². The Morgan fingerprint density at radius 1 is 1.07 bits per heavy atom. The van der Waals surface area contributed by atoms with Gasteiger partial charge in [0, 0.05) is 17.6 Å². The highest BCUT2D eigenvalue weighted by atomic mass is 19.1. The number of nitrogens with one attached hydrogen (secondary N) is 1. The van der Waals surface area contributed by atoms with Crippen molar-refractivity contribution in [1.82, 2.24) is 10.2 Å². The zero-order valence-electron chi connectivity index (χ0n) is 18.1. The molecular weight excluding hydrogens is 387 g/mol. The fourth-order valence-corrected chi connectivity index (χ4v) is 2.77. The highest BCUT2D eigenvalue weighted by Gasteiger charge is 2.29. The average molecular weight is 416 g/mol. The fraction of sp³-hybridized carbons (Fsp3) is 0.391. The van der Waals surface area contributed by atoms with Crippen molar-refractivity contribution in [3.63, 3.8) is 0 Å². The van der Waals surface area contributed by atoms with Gasteiger partial charge in [-0.2, -0.15) is 0 Å². The second-order valence-corrected chi connectivity index (χ2v) is 7.99. The molecule has 0 saturated carbocycles. The summed E-state index contributed by atoms with van der Waals surface area (Å²) in [5, 5.41) is 2.86. The van der Waals surface area contributed by atoms with E-state index < -0.39 is 23.3 Å². The van der Waals surface area contributed by atoms with Crippen molar-refractivity contribution in [3.05, 3.63) is 59.9 Å². The Kier molecular flexibility index (Phi) is 7.80. The van der Waals surface area contributed by atoms with Gasteiger partial charge in [0.05, 0.1) is 7.11 Å². The molecule has 0 heterocycles. The summed E-state index contributed by atoms with van der Waals surface area (Å²) in [6.45, 7) is 6.85. The van der Waals surface area contributed by atoms with E-state index in [2.05, 4.69) is 5.32 Å². The van der Waals surface area contributed by atoms with Crippen LogP contribution in [0.4, 0.5) is 4.39 Å². The molecule has 0 spiro atoms. The van der Waals surface area contributed by atoms with Crippen LogP contribution in [0.15, 0.2) is 48.5 Å². The van der Waals surface area contributed by atoms with E-state index in [4.69, 9.17) is 9.47 Å². The molecule has 6 nitrogen and oxygen atoms in total. The van der Waals surface area contributed by atoms with Crippen LogP contribution < -0.4 is 14.8 Å². The second kappa shape index (κ2) is 10.1. The number of carbonyl (C=O) groups is 2. The second-order valence-electron chi connectivity index (χ2n) is 7.99. The van der Waals surface area contributed by atoms with Gasteiger partial charge in [0.1, 0.15) is 23.4 Å². The lowest BCUT2D eigenvalue weighted by molar-refractivity contribution is -0.142. The van der Waals surface area contributed by atoms with Crippen molar-refractivity contribution in [2.45, 2.75) is 45.8 Å². The third-order valence-electron chi connectivity index (χ3n) is 4.39. The minimum atomic E-state index is -0.809. The lowest BCUT2D eigenvalue weighted by atomic mass is 10.1. The Hall–Kier alpha value is -3.09. The number of rotatable bonds is 8. The van der Waals surface area contributed by atoms with Gasteiger partial charge in [-0.25, -0.2) is 4.39 Å². The first-order valence-electron chi connectivity index (χ1n) is 9.72. The molecule has 0 radical (unpaired) electrons. The number of carbonyl (C=O) groups excluding carboxylic acids is 2. The number of nitrogens with zero attached hydrogens (tertiary/aromatic N) is 1. The van der Waals surface area contributed by atoms with Gasteiger partial charge in [0.25, 0.3) is 5.91 Å². The van der Waals surface area contributed by atoms with E-state index in [1.54, 1.807) is 56.5 Å². The molecule has 2 amide bonds. The first-order chi connectivity index (χ1) is 14.1. The fourth-order valence-electron chi connectivity index (χ4n) is 2.77. The molecule has 30 heavy (non-hydrogen) atoms. The van der Waals surface area contributed by atoms with Crippen LogP contribution in [0.1, 0.15) is 33.3 Å². The molecule has 162 valence electrons. The maximum Gasteiger partial charge on any atom is 0.261 e. The van der Waals surface area contributed by atoms with E-state index in [0.717, 1.165) is 0 Å². The van der Waals surface area contributed by atoms with Crippen LogP contribution in [0, 0.1) is 5.82 Å². The van der Waals surface area contributed by atoms with Crippen LogP contribution in [0.5, 0.6) is 11.5 Å². The van der Waals surface area contributed by atoms with Crippen LogP contribution in [-0.4, -0.2) is 42.0 Å². The zero-order valence-corrected chi connectivity index (χ0v) is 18.1. The van der Waals surface area contributed by atoms with Gasteiger partial charge in [0.2, 0.25) is 5.91 Å². The lowest BCUT2D eigenvalue weighted by Gasteiger charge is -2.31. The molecule has 7 heteroatoms. The van der Waals surface area contributed by atoms with E-state index in [9.17, 15) is 14.0 Å². The maximum absolute atomic E-state index is 14.2. The Morgan fingerprint density at radius 3 is 2.23 bits per heavy atom. The van der Waals surface area contributed by atoms with Crippen molar-refractivity contribution < 1.29 is 23.5 Å². The Bertz CT molecular complexity index is 862. The maximum atomic E-state index is 14.2. The monoisotopic (exact) mass is 416 g/mol. The molecule has 1 N–H and O–H groups in total. The van der Waals surface area contributed by atoms with Gasteiger partial charge in [-0.05, 0) is 58.0 Å². The van der Waals surface area contributed by atoms with Crippen LogP contribution in [0.3, 0.4) is 0 Å². The summed E-state index contributed by atoms with van der Waals surface area (Å²) >= 11 is 0. The number of methoxy groups -OCH3 is 1. The molecular formula is C23H29FN2O4. The molecule has 0 fully saturated rings. The normalized spacial score (nSPS) is 12.1. The Balaban J connectivity index is 2.16. The van der Waals surface area contributed by atoms with Crippen LogP contribution >= 0.6 is 0 Å². The standard InChI is InChI=1S/C23H29FN2O4/c1-16(22(28)25-23(2,3)4)26(14-17-8-6-7-9-20(17)24)21(27)15-30-19-12-10-18(29-5)11-13-19/h6-13,16H,14-15H2,1-5H3,(H,25,28)/t16-/m0/s1. The summed E-state index contributed by atoms with van der Waals surface area (Å²) in [7, 11) is 1.56.